The summed E-state index contributed by atoms with van der Waals surface area (Å²) >= 11 is 0. The zero-order valence-electron chi connectivity index (χ0n) is 15.2. The lowest BCUT2D eigenvalue weighted by atomic mass is 10.1. The van der Waals surface area contributed by atoms with Gasteiger partial charge < -0.3 is 9.64 Å². The first kappa shape index (κ1) is 19.9. The predicted molar refractivity (Wildman–Crippen MR) is 101 cm³/mol. The molecule has 0 fully saturated rings. The van der Waals surface area contributed by atoms with Crippen molar-refractivity contribution < 1.29 is 17.9 Å². The highest BCUT2D eigenvalue weighted by atomic mass is 32.2. The molecule has 140 valence electrons. The normalized spacial score (nSPS) is 11.2. The van der Waals surface area contributed by atoms with Crippen LogP contribution in [-0.4, -0.2) is 39.4 Å². The molecule has 0 saturated heterocycles. The van der Waals surface area contributed by atoms with Gasteiger partial charge in [-0.1, -0.05) is 19.1 Å². The topological polar surface area (TPSA) is 75.7 Å². The minimum atomic E-state index is -3.52. The number of carbonyl (C=O) groups is 1. The molecule has 0 heterocycles. The number of hydrogen-bond acceptors (Lipinski definition) is 4. The van der Waals surface area contributed by atoms with Crippen LogP contribution in [0.5, 0.6) is 5.75 Å². The molecule has 0 aromatic heterocycles. The van der Waals surface area contributed by atoms with E-state index in [1.165, 1.54) is 12.1 Å². The smallest absolute Gasteiger partial charge is 0.254 e. The summed E-state index contributed by atoms with van der Waals surface area (Å²) in [5.74, 6) is 0.622. The van der Waals surface area contributed by atoms with Crippen molar-refractivity contribution in [2.24, 2.45) is 0 Å². The minimum absolute atomic E-state index is 0.143. The highest BCUT2D eigenvalue weighted by Crippen LogP contribution is 2.16. The molecule has 1 amide bonds. The summed E-state index contributed by atoms with van der Waals surface area (Å²) < 4.78 is 31.5. The molecule has 1 N–H and O–H groups in total. The molecular weight excluding hydrogens is 352 g/mol. The Morgan fingerprint density at radius 2 is 1.65 bits per heavy atom. The minimum Gasteiger partial charge on any atom is -0.497 e. The van der Waals surface area contributed by atoms with Crippen LogP contribution in [0.2, 0.25) is 0 Å². The van der Waals surface area contributed by atoms with E-state index in [9.17, 15) is 13.2 Å². The average Bonchev–Trinajstić information content (AvgIpc) is 2.66. The van der Waals surface area contributed by atoms with Gasteiger partial charge in [-0.25, -0.2) is 13.1 Å². The average molecular weight is 376 g/mol. The second-order valence-corrected chi connectivity index (χ2v) is 7.46. The number of sulfonamides is 1. The van der Waals surface area contributed by atoms with Crippen molar-refractivity contribution in [3.63, 3.8) is 0 Å². The lowest BCUT2D eigenvalue weighted by molar-refractivity contribution is 0.0752. The van der Waals surface area contributed by atoms with E-state index in [0.717, 1.165) is 11.3 Å². The molecule has 0 aliphatic heterocycles. The lowest BCUT2D eigenvalue weighted by Gasteiger charge is -2.21. The Morgan fingerprint density at radius 3 is 2.15 bits per heavy atom. The molecule has 0 radical (unpaired) electrons. The summed E-state index contributed by atoms with van der Waals surface area (Å²) in [4.78, 5) is 14.6. The van der Waals surface area contributed by atoms with Gasteiger partial charge in [-0.05, 0) is 48.9 Å². The van der Waals surface area contributed by atoms with Crippen molar-refractivity contribution in [1.82, 2.24) is 9.62 Å². The molecule has 26 heavy (non-hydrogen) atoms. The SMILES string of the molecule is CCNS(=O)(=O)c1ccc(C(=O)N(CC)Cc2ccc(OC)cc2)cc1. The number of carbonyl (C=O) groups excluding carboxylic acids is 1. The fraction of sp³-hybridized carbons (Fsp3) is 0.316. The monoisotopic (exact) mass is 376 g/mol. The van der Waals surface area contributed by atoms with Crippen LogP contribution in [0.25, 0.3) is 0 Å². The molecule has 0 unspecified atom stereocenters. The third kappa shape index (κ3) is 4.83. The number of ether oxygens (including phenoxy) is 1. The molecule has 0 aliphatic carbocycles. The molecular formula is C19H24N2O4S. The number of nitrogens with one attached hydrogen (secondary N) is 1. The van der Waals surface area contributed by atoms with E-state index in [0.29, 0.717) is 25.2 Å². The lowest BCUT2D eigenvalue weighted by Crippen LogP contribution is -2.30. The van der Waals surface area contributed by atoms with E-state index in [1.807, 2.05) is 31.2 Å². The third-order valence-electron chi connectivity index (χ3n) is 3.95. The number of benzene rings is 2. The van der Waals surface area contributed by atoms with Gasteiger partial charge in [0.15, 0.2) is 0 Å². The quantitative estimate of drug-likeness (QED) is 0.768. The summed E-state index contributed by atoms with van der Waals surface area (Å²) in [5.41, 5.74) is 1.45. The summed E-state index contributed by atoms with van der Waals surface area (Å²) in [6.07, 6.45) is 0. The van der Waals surface area contributed by atoms with Gasteiger partial charge in [-0.3, -0.25) is 4.79 Å². The highest BCUT2D eigenvalue weighted by Gasteiger charge is 2.17. The van der Waals surface area contributed by atoms with Gasteiger partial charge in [0.2, 0.25) is 10.0 Å². The molecule has 2 aromatic rings. The summed E-state index contributed by atoms with van der Waals surface area (Å²) in [5, 5.41) is 0. The molecule has 0 bridgehead atoms. The maximum absolute atomic E-state index is 12.7. The van der Waals surface area contributed by atoms with Gasteiger partial charge in [0.05, 0.1) is 12.0 Å². The van der Waals surface area contributed by atoms with Crippen molar-refractivity contribution in [2.75, 3.05) is 20.2 Å². The largest absolute Gasteiger partial charge is 0.497 e. The Kier molecular flexibility index (Phi) is 6.76. The summed E-state index contributed by atoms with van der Waals surface area (Å²) in [6.45, 7) is 4.95. The van der Waals surface area contributed by atoms with Crippen molar-refractivity contribution in [2.45, 2.75) is 25.3 Å². The molecule has 0 atom stereocenters. The number of nitrogens with zero attached hydrogens (tertiary/aromatic N) is 1. The highest BCUT2D eigenvalue weighted by molar-refractivity contribution is 7.89. The van der Waals surface area contributed by atoms with E-state index >= 15 is 0 Å². The van der Waals surface area contributed by atoms with Crippen molar-refractivity contribution >= 4 is 15.9 Å². The van der Waals surface area contributed by atoms with Crippen LogP contribution in [0.3, 0.4) is 0 Å². The van der Waals surface area contributed by atoms with E-state index in [-0.39, 0.29) is 10.8 Å². The Hall–Kier alpha value is -2.38. The Morgan fingerprint density at radius 1 is 1.04 bits per heavy atom. The first-order valence-electron chi connectivity index (χ1n) is 8.43. The third-order valence-corrected chi connectivity index (χ3v) is 5.51. The Balaban J connectivity index is 2.14. The van der Waals surface area contributed by atoms with Gasteiger partial charge >= 0.3 is 0 Å². The van der Waals surface area contributed by atoms with Crippen LogP contribution in [-0.2, 0) is 16.6 Å². The standard InChI is InChI=1S/C19H24N2O4S/c1-4-20-26(23,24)18-12-8-16(9-13-18)19(22)21(5-2)14-15-6-10-17(25-3)11-7-15/h6-13,20H,4-5,14H2,1-3H3. The van der Waals surface area contributed by atoms with E-state index < -0.39 is 10.0 Å². The molecule has 0 spiro atoms. The van der Waals surface area contributed by atoms with Gasteiger partial charge in [0.1, 0.15) is 5.75 Å². The van der Waals surface area contributed by atoms with E-state index in [1.54, 1.807) is 31.1 Å². The second-order valence-electron chi connectivity index (χ2n) is 5.69. The Bertz CT molecular complexity index is 831. The van der Waals surface area contributed by atoms with Crippen LogP contribution in [0.1, 0.15) is 29.8 Å². The first-order chi connectivity index (χ1) is 12.4. The number of amides is 1. The number of rotatable bonds is 8. The van der Waals surface area contributed by atoms with Crippen LogP contribution in [0.4, 0.5) is 0 Å². The van der Waals surface area contributed by atoms with Crippen molar-refractivity contribution in [1.29, 1.82) is 0 Å². The van der Waals surface area contributed by atoms with Gasteiger partial charge in [-0.15, -0.1) is 0 Å². The molecule has 0 saturated carbocycles. The van der Waals surface area contributed by atoms with Gasteiger partial charge in [0, 0.05) is 25.2 Å². The summed E-state index contributed by atoms with van der Waals surface area (Å²) in [7, 11) is -1.91. The summed E-state index contributed by atoms with van der Waals surface area (Å²) in [6, 6.07) is 13.5. The van der Waals surface area contributed by atoms with Crippen LogP contribution in [0, 0.1) is 0 Å². The maximum atomic E-state index is 12.7. The fourth-order valence-electron chi connectivity index (χ4n) is 2.51. The van der Waals surface area contributed by atoms with E-state index in [4.69, 9.17) is 4.74 Å². The van der Waals surface area contributed by atoms with Crippen molar-refractivity contribution in [3.05, 3.63) is 59.7 Å². The number of methoxy groups -OCH3 is 1. The van der Waals surface area contributed by atoms with E-state index in [2.05, 4.69) is 4.72 Å². The van der Waals surface area contributed by atoms with Crippen molar-refractivity contribution in [3.8, 4) is 5.75 Å². The zero-order valence-corrected chi connectivity index (χ0v) is 16.0. The second kappa shape index (κ2) is 8.82. The van der Waals surface area contributed by atoms with Crippen LogP contribution < -0.4 is 9.46 Å². The zero-order chi connectivity index (χ0) is 19.2. The van der Waals surface area contributed by atoms with Crippen LogP contribution >= 0.6 is 0 Å². The molecule has 2 rings (SSSR count). The predicted octanol–water partition coefficient (Wildman–Crippen LogP) is 2.66. The number of hydrogen-bond donors (Lipinski definition) is 1. The van der Waals surface area contributed by atoms with Gasteiger partial charge in [-0.2, -0.15) is 0 Å². The maximum Gasteiger partial charge on any atom is 0.254 e. The first-order valence-corrected chi connectivity index (χ1v) is 9.91. The molecule has 2 aromatic carbocycles. The molecule has 6 nitrogen and oxygen atoms in total. The van der Waals surface area contributed by atoms with Crippen LogP contribution in [0.15, 0.2) is 53.4 Å². The Labute approximate surface area is 154 Å². The molecule has 0 aliphatic rings. The molecule has 7 heteroatoms. The fourth-order valence-corrected chi connectivity index (χ4v) is 3.55. The van der Waals surface area contributed by atoms with Gasteiger partial charge in [0.25, 0.3) is 5.91 Å².